The summed E-state index contributed by atoms with van der Waals surface area (Å²) in [5, 5.41) is 13.1. The molecule has 0 aromatic heterocycles. The van der Waals surface area contributed by atoms with Crippen LogP contribution in [-0.4, -0.2) is 23.3 Å². The molecule has 0 spiro atoms. The lowest BCUT2D eigenvalue weighted by Crippen LogP contribution is -2.45. The quantitative estimate of drug-likeness (QED) is 0.875. The molecule has 0 radical (unpaired) electrons. The molecule has 0 heterocycles. The van der Waals surface area contributed by atoms with Crippen molar-refractivity contribution in [1.29, 1.82) is 0 Å². The largest absolute Gasteiger partial charge is 0.445 e. The molecule has 0 atom stereocenters. The molecule has 1 aliphatic rings. The molecule has 0 unspecified atom stereocenters. The van der Waals surface area contributed by atoms with Crippen LogP contribution in [0.5, 0.6) is 0 Å². The van der Waals surface area contributed by atoms with Crippen molar-refractivity contribution in [3.8, 4) is 0 Å². The van der Waals surface area contributed by atoms with Gasteiger partial charge < -0.3 is 15.2 Å². The summed E-state index contributed by atoms with van der Waals surface area (Å²) in [5.74, 6) is 0.718. The first-order chi connectivity index (χ1) is 10.1. The summed E-state index contributed by atoms with van der Waals surface area (Å²) in [4.78, 5) is 11.7. The van der Waals surface area contributed by atoms with Crippen LogP contribution in [0.2, 0.25) is 0 Å². The fourth-order valence-corrected chi connectivity index (χ4v) is 2.81. The Morgan fingerprint density at radius 2 is 2.00 bits per heavy atom. The Kier molecular flexibility index (Phi) is 5.62. The number of rotatable bonds is 5. The normalized spacial score (nSPS) is 25.3. The van der Waals surface area contributed by atoms with E-state index >= 15 is 0 Å². The SMILES string of the molecule is CCC1CCC(O)(CNC(=O)OCc2ccccc2)CC1. The first kappa shape index (κ1) is 15.8. The van der Waals surface area contributed by atoms with Crippen molar-refractivity contribution in [2.45, 2.75) is 51.2 Å². The zero-order valence-electron chi connectivity index (χ0n) is 12.7. The Morgan fingerprint density at radius 1 is 1.33 bits per heavy atom. The summed E-state index contributed by atoms with van der Waals surface area (Å²) < 4.78 is 5.15. The van der Waals surface area contributed by atoms with Crippen molar-refractivity contribution >= 4 is 6.09 Å². The second-order valence-corrected chi connectivity index (χ2v) is 5.99. The van der Waals surface area contributed by atoms with Gasteiger partial charge in [-0.25, -0.2) is 4.79 Å². The standard InChI is InChI=1S/C17H25NO3/c1-2-14-8-10-17(20,11-9-14)13-18-16(19)21-12-15-6-4-3-5-7-15/h3-7,14,20H,2,8-13H2,1H3,(H,18,19). The molecule has 1 saturated carbocycles. The molecule has 21 heavy (non-hydrogen) atoms. The smallest absolute Gasteiger partial charge is 0.407 e. The number of hydrogen-bond donors (Lipinski definition) is 2. The molecule has 1 aromatic carbocycles. The van der Waals surface area contributed by atoms with E-state index in [4.69, 9.17) is 4.74 Å². The van der Waals surface area contributed by atoms with E-state index in [1.165, 1.54) is 6.42 Å². The second-order valence-electron chi connectivity index (χ2n) is 5.99. The lowest BCUT2D eigenvalue weighted by molar-refractivity contribution is -0.00892. The van der Waals surface area contributed by atoms with E-state index in [9.17, 15) is 9.90 Å². The Bertz CT molecular complexity index is 439. The minimum atomic E-state index is -0.766. The predicted molar refractivity (Wildman–Crippen MR) is 81.8 cm³/mol. The van der Waals surface area contributed by atoms with E-state index in [0.717, 1.165) is 37.2 Å². The first-order valence-electron chi connectivity index (χ1n) is 7.78. The van der Waals surface area contributed by atoms with Gasteiger partial charge in [0.1, 0.15) is 6.61 Å². The Labute approximate surface area is 126 Å². The molecular formula is C17H25NO3. The number of amides is 1. The fourth-order valence-electron chi connectivity index (χ4n) is 2.81. The third-order valence-corrected chi connectivity index (χ3v) is 4.39. The molecule has 4 heteroatoms. The van der Waals surface area contributed by atoms with E-state index in [0.29, 0.717) is 0 Å². The molecule has 1 fully saturated rings. The predicted octanol–water partition coefficient (Wildman–Crippen LogP) is 3.24. The zero-order valence-corrected chi connectivity index (χ0v) is 12.7. The fraction of sp³-hybridized carbons (Fsp3) is 0.588. The summed E-state index contributed by atoms with van der Waals surface area (Å²) >= 11 is 0. The molecular weight excluding hydrogens is 266 g/mol. The summed E-state index contributed by atoms with van der Waals surface area (Å²) in [6.07, 6.45) is 4.28. The lowest BCUT2D eigenvalue weighted by Gasteiger charge is -2.35. The third-order valence-electron chi connectivity index (χ3n) is 4.39. The van der Waals surface area contributed by atoms with Gasteiger partial charge in [-0.3, -0.25) is 0 Å². The highest BCUT2D eigenvalue weighted by Gasteiger charge is 2.32. The summed E-state index contributed by atoms with van der Waals surface area (Å²) in [6, 6.07) is 9.56. The maximum absolute atomic E-state index is 11.7. The summed E-state index contributed by atoms with van der Waals surface area (Å²) in [5.41, 5.74) is 0.187. The van der Waals surface area contributed by atoms with E-state index in [2.05, 4.69) is 12.2 Å². The Balaban J connectivity index is 1.69. The molecule has 1 amide bonds. The average molecular weight is 291 g/mol. The minimum Gasteiger partial charge on any atom is -0.445 e. The maximum atomic E-state index is 11.7. The second kappa shape index (κ2) is 7.46. The lowest BCUT2D eigenvalue weighted by atomic mass is 9.78. The van der Waals surface area contributed by atoms with Crippen LogP contribution in [0, 0.1) is 5.92 Å². The molecule has 0 aliphatic heterocycles. The van der Waals surface area contributed by atoms with Gasteiger partial charge in [-0.1, -0.05) is 43.7 Å². The van der Waals surface area contributed by atoms with Crippen molar-refractivity contribution in [3.63, 3.8) is 0 Å². The van der Waals surface area contributed by atoms with Crippen LogP contribution in [0.4, 0.5) is 4.79 Å². The number of carbonyl (C=O) groups excluding carboxylic acids is 1. The van der Waals surface area contributed by atoms with Crippen molar-refractivity contribution < 1.29 is 14.6 Å². The van der Waals surface area contributed by atoms with Crippen LogP contribution in [0.25, 0.3) is 0 Å². The number of hydrogen-bond acceptors (Lipinski definition) is 3. The van der Waals surface area contributed by atoms with Crippen molar-refractivity contribution in [3.05, 3.63) is 35.9 Å². The van der Waals surface area contributed by atoms with Gasteiger partial charge in [0.2, 0.25) is 0 Å². The molecule has 1 aliphatic carbocycles. The van der Waals surface area contributed by atoms with Gasteiger partial charge in [0.15, 0.2) is 0 Å². The molecule has 1 aromatic rings. The number of ether oxygens (including phenoxy) is 1. The number of alkyl carbamates (subject to hydrolysis) is 1. The highest BCUT2D eigenvalue weighted by atomic mass is 16.5. The summed E-state index contributed by atoms with van der Waals surface area (Å²) in [6.45, 7) is 2.72. The number of benzene rings is 1. The first-order valence-corrected chi connectivity index (χ1v) is 7.78. The van der Waals surface area contributed by atoms with Gasteiger partial charge in [0.25, 0.3) is 0 Å². The van der Waals surface area contributed by atoms with Gasteiger partial charge in [-0.2, -0.15) is 0 Å². The van der Waals surface area contributed by atoms with Crippen LogP contribution in [0.1, 0.15) is 44.6 Å². The molecule has 2 N–H and O–H groups in total. The van der Waals surface area contributed by atoms with Crippen LogP contribution in [0.3, 0.4) is 0 Å². The highest BCUT2D eigenvalue weighted by Crippen LogP contribution is 2.33. The monoisotopic (exact) mass is 291 g/mol. The van der Waals surface area contributed by atoms with Crippen molar-refractivity contribution in [2.24, 2.45) is 5.92 Å². The van der Waals surface area contributed by atoms with Crippen LogP contribution >= 0.6 is 0 Å². The number of aliphatic hydroxyl groups is 1. The third kappa shape index (κ3) is 5.05. The summed E-state index contributed by atoms with van der Waals surface area (Å²) in [7, 11) is 0. The van der Waals surface area contributed by atoms with Crippen LogP contribution in [-0.2, 0) is 11.3 Å². The van der Waals surface area contributed by atoms with Gasteiger partial charge >= 0.3 is 6.09 Å². The van der Waals surface area contributed by atoms with E-state index in [-0.39, 0.29) is 13.2 Å². The molecule has 0 saturated heterocycles. The maximum Gasteiger partial charge on any atom is 0.407 e. The topological polar surface area (TPSA) is 58.6 Å². The van der Waals surface area contributed by atoms with Gasteiger partial charge in [-0.05, 0) is 37.2 Å². The number of carbonyl (C=O) groups is 1. The molecule has 0 bridgehead atoms. The van der Waals surface area contributed by atoms with Crippen LogP contribution < -0.4 is 5.32 Å². The molecule has 4 nitrogen and oxygen atoms in total. The van der Waals surface area contributed by atoms with E-state index in [1.54, 1.807) is 0 Å². The van der Waals surface area contributed by atoms with Crippen molar-refractivity contribution in [2.75, 3.05) is 6.54 Å². The Hall–Kier alpha value is -1.55. The van der Waals surface area contributed by atoms with Crippen LogP contribution in [0.15, 0.2) is 30.3 Å². The number of nitrogens with one attached hydrogen (secondary N) is 1. The molecule has 2 rings (SSSR count). The Morgan fingerprint density at radius 3 is 2.62 bits per heavy atom. The van der Waals surface area contributed by atoms with Gasteiger partial charge in [0, 0.05) is 6.54 Å². The van der Waals surface area contributed by atoms with E-state index in [1.807, 2.05) is 30.3 Å². The van der Waals surface area contributed by atoms with Crippen molar-refractivity contribution in [1.82, 2.24) is 5.32 Å². The average Bonchev–Trinajstić information content (AvgIpc) is 2.53. The highest BCUT2D eigenvalue weighted by molar-refractivity contribution is 5.67. The zero-order chi connectivity index (χ0) is 15.1. The molecule has 116 valence electrons. The van der Waals surface area contributed by atoms with Gasteiger partial charge in [-0.15, -0.1) is 0 Å². The van der Waals surface area contributed by atoms with Gasteiger partial charge in [0.05, 0.1) is 5.60 Å². The minimum absolute atomic E-state index is 0.253. The van der Waals surface area contributed by atoms with E-state index < -0.39 is 11.7 Å².